The average Bonchev–Trinajstić information content (AvgIpc) is 3.04. The lowest BCUT2D eigenvalue weighted by Gasteiger charge is -2.17. The smallest absolute Gasteiger partial charge is 0.223 e. The molecule has 2 rings (SSSR count). The zero-order chi connectivity index (χ0) is 12.8. The Morgan fingerprint density at radius 3 is 3.11 bits per heavy atom. The van der Waals surface area contributed by atoms with Crippen molar-refractivity contribution in [2.45, 2.75) is 32.2 Å². The summed E-state index contributed by atoms with van der Waals surface area (Å²) in [4.78, 5) is 12.0. The molecule has 1 aromatic rings. The lowest BCUT2D eigenvalue weighted by atomic mass is 9.95. The van der Waals surface area contributed by atoms with Gasteiger partial charge in [-0.25, -0.2) is 0 Å². The SMILES string of the molecule is NCC1CCCC1C(=O)NCCCn1ccnn1. The number of nitrogens with one attached hydrogen (secondary N) is 1. The first-order chi connectivity index (χ1) is 8.81. The van der Waals surface area contributed by atoms with Gasteiger partial charge in [0.05, 0.1) is 6.20 Å². The number of carbonyl (C=O) groups excluding carboxylic acids is 1. The third-order valence-corrected chi connectivity index (χ3v) is 3.63. The van der Waals surface area contributed by atoms with E-state index in [1.807, 2.05) is 6.20 Å². The van der Waals surface area contributed by atoms with E-state index >= 15 is 0 Å². The Kier molecular flexibility index (Phi) is 4.69. The van der Waals surface area contributed by atoms with Crippen molar-refractivity contribution in [3.63, 3.8) is 0 Å². The van der Waals surface area contributed by atoms with Gasteiger partial charge in [-0.2, -0.15) is 0 Å². The first-order valence-electron chi connectivity index (χ1n) is 6.63. The second-order valence-electron chi connectivity index (χ2n) is 4.84. The van der Waals surface area contributed by atoms with E-state index < -0.39 is 0 Å². The number of aryl methyl sites for hydroxylation is 1. The van der Waals surface area contributed by atoms with Gasteiger partial charge < -0.3 is 11.1 Å². The van der Waals surface area contributed by atoms with Crippen LogP contribution >= 0.6 is 0 Å². The van der Waals surface area contributed by atoms with Crippen molar-refractivity contribution in [2.75, 3.05) is 13.1 Å². The number of aromatic nitrogens is 3. The minimum atomic E-state index is 0.126. The number of hydrogen-bond donors (Lipinski definition) is 2. The molecule has 2 atom stereocenters. The standard InChI is InChI=1S/C12H21N5O/c13-9-10-3-1-4-11(10)12(18)14-5-2-7-17-8-6-15-16-17/h6,8,10-11H,1-5,7,9,13H2,(H,14,18). The van der Waals surface area contributed by atoms with Crippen LogP contribution in [0.5, 0.6) is 0 Å². The van der Waals surface area contributed by atoms with Gasteiger partial charge in [-0.3, -0.25) is 9.48 Å². The largest absolute Gasteiger partial charge is 0.356 e. The normalized spacial score (nSPS) is 23.2. The van der Waals surface area contributed by atoms with Crippen LogP contribution in [0.25, 0.3) is 0 Å². The minimum Gasteiger partial charge on any atom is -0.356 e. The molecule has 6 heteroatoms. The maximum Gasteiger partial charge on any atom is 0.223 e. The van der Waals surface area contributed by atoms with Crippen molar-refractivity contribution in [1.29, 1.82) is 0 Å². The highest BCUT2D eigenvalue weighted by atomic mass is 16.1. The predicted molar refractivity (Wildman–Crippen MR) is 67.5 cm³/mol. The van der Waals surface area contributed by atoms with E-state index in [2.05, 4.69) is 15.6 Å². The van der Waals surface area contributed by atoms with Crippen LogP contribution in [0, 0.1) is 11.8 Å². The number of nitrogens with zero attached hydrogens (tertiary/aromatic N) is 3. The molecule has 1 heterocycles. The monoisotopic (exact) mass is 251 g/mol. The fourth-order valence-electron chi connectivity index (χ4n) is 2.60. The van der Waals surface area contributed by atoms with E-state index in [0.29, 0.717) is 19.0 Å². The van der Waals surface area contributed by atoms with Crippen LogP contribution < -0.4 is 11.1 Å². The highest BCUT2D eigenvalue weighted by molar-refractivity contribution is 5.79. The van der Waals surface area contributed by atoms with E-state index in [0.717, 1.165) is 32.2 Å². The molecule has 100 valence electrons. The van der Waals surface area contributed by atoms with Crippen LogP contribution in [-0.2, 0) is 11.3 Å². The van der Waals surface area contributed by atoms with E-state index in [9.17, 15) is 4.79 Å². The molecular formula is C12H21N5O. The molecule has 1 saturated carbocycles. The molecule has 0 radical (unpaired) electrons. The summed E-state index contributed by atoms with van der Waals surface area (Å²) in [5.41, 5.74) is 5.68. The molecule has 1 aromatic heterocycles. The molecule has 1 amide bonds. The summed E-state index contributed by atoms with van der Waals surface area (Å²) in [6.07, 6.45) is 7.55. The molecular weight excluding hydrogens is 230 g/mol. The molecule has 6 nitrogen and oxygen atoms in total. The molecule has 0 saturated heterocycles. The van der Waals surface area contributed by atoms with Gasteiger partial charge in [-0.1, -0.05) is 11.6 Å². The fraction of sp³-hybridized carbons (Fsp3) is 0.750. The topological polar surface area (TPSA) is 85.8 Å². The second kappa shape index (κ2) is 6.49. The molecule has 2 unspecified atom stereocenters. The number of rotatable bonds is 6. The Hall–Kier alpha value is -1.43. The second-order valence-corrected chi connectivity index (χ2v) is 4.84. The first kappa shape index (κ1) is 13.0. The van der Waals surface area contributed by atoms with E-state index in [1.54, 1.807) is 10.9 Å². The molecule has 0 bridgehead atoms. The van der Waals surface area contributed by atoms with Crippen LogP contribution in [0.15, 0.2) is 12.4 Å². The molecule has 1 fully saturated rings. The molecule has 1 aliphatic rings. The van der Waals surface area contributed by atoms with E-state index in [1.165, 1.54) is 0 Å². The molecule has 0 aromatic carbocycles. The van der Waals surface area contributed by atoms with Crippen molar-refractivity contribution in [3.8, 4) is 0 Å². The van der Waals surface area contributed by atoms with Gasteiger partial charge in [0, 0.05) is 25.2 Å². The van der Waals surface area contributed by atoms with E-state index in [-0.39, 0.29) is 11.8 Å². The van der Waals surface area contributed by atoms with E-state index in [4.69, 9.17) is 5.73 Å². The molecule has 0 aliphatic heterocycles. The average molecular weight is 251 g/mol. The van der Waals surface area contributed by atoms with Crippen LogP contribution in [0.4, 0.5) is 0 Å². The maximum absolute atomic E-state index is 12.0. The maximum atomic E-state index is 12.0. The van der Waals surface area contributed by atoms with Gasteiger partial charge in [0.25, 0.3) is 0 Å². The van der Waals surface area contributed by atoms with Gasteiger partial charge in [-0.15, -0.1) is 5.10 Å². The summed E-state index contributed by atoms with van der Waals surface area (Å²) in [5, 5.41) is 10.6. The molecule has 0 spiro atoms. The Morgan fingerprint density at radius 1 is 1.50 bits per heavy atom. The number of hydrogen-bond acceptors (Lipinski definition) is 4. The number of amides is 1. The van der Waals surface area contributed by atoms with Gasteiger partial charge in [0.1, 0.15) is 0 Å². The number of nitrogens with two attached hydrogens (primary N) is 1. The molecule has 1 aliphatic carbocycles. The Balaban J connectivity index is 1.65. The summed E-state index contributed by atoms with van der Waals surface area (Å²) < 4.78 is 1.77. The zero-order valence-electron chi connectivity index (χ0n) is 10.6. The lowest BCUT2D eigenvalue weighted by molar-refractivity contribution is -0.125. The highest BCUT2D eigenvalue weighted by Gasteiger charge is 2.31. The van der Waals surface area contributed by atoms with Gasteiger partial charge >= 0.3 is 0 Å². The van der Waals surface area contributed by atoms with Crippen LogP contribution in [-0.4, -0.2) is 34.0 Å². The summed E-state index contributed by atoms with van der Waals surface area (Å²) in [5.74, 6) is 0.670. The quantitative estimate of drug-likeness (QED) is 0.705. The summed E-state index contributed by atoms with van der Waals surface area (Å²) in [7, 11) is 0. The van der Waals surface area contributed by atoms with Crippen molar-refractivity contribution in [3.05, 3.63) is 12.4 Å². The summed E-state index contributed by atoms with van der Waals surface area (Å²) in [6, 6.07) is 0. The van der Waals surface area contributed by atoms with Crippen molar-refractivity contribution in [2.24, 2.45) is 17.6 Å². The third kappa shape index (κ3) is 3.29. The summed E-state index contributed by atoms with van der Waals surface area (Å²) in [6.45, 7) is 2.09. The Bertz CT molecular complexity index is 365. The van der Waals surface area contributed by atoms with Crippen molar-refractivity contribution in [1.82, 2.24) is 20.3 Å². The van der Waals surface area contributed by atoms with Gasteiger partial charge in [-0.05, 0) is 31.7 Å². The minimum absolute atomic E-state index is 0.126. The summed E-state index contributed by atoms with van der Waals surface area (Å²) >= 11 is 0. The van der Waals surface area contributed by atoms with Crippen molar-refractivity contribution < 1.29 is 4.79 Å². The predicted octanol–water partition coefficient (Wildman–Crippen LogP) is 0.159. The Labute approximate surface area is 107 Å². The molecule has 18 heavy (non-hydrogen) atoms. The fourth-order valence-corrected chi connectivity index (χ4v) is 2.60. The first-order valence-corrected chi connectivity index (χ1v) is 6.63. The zero-order valence-corrected chi connectivity index (χ0v) is 10.6. The number of carbonyl (C=O) groups is 1. The van der Waals surface area contributed by atoms with Crippen LogP contribution in [0.2, 0.25) is 0 Å². The Morgan fingerprint density at radius 2 is 2.39 bits per heavy atom. The molecule has 3 N–H and O–H groups in total. The highest BCUT2D eigenvalue weighted by Crippen LogP contribution is 2.30. The van der Waals surface area contributed by atoms with Gasteiger partial charge in [0.15, 0.2) is 0 Å². The van der Waals surface area contributed by atoms with Gasteiger partial charge in [0.2, 0.25) is 5.91 Å². The third-order valence-electron chi connectivity index (χ3n) is 3.63. The van der Waals surface area contributed by atoms with Crippen molar-refractivity contribution >= 4 is 5.91 Å². The van der Waals surface area contributed by atoms with Crippen LogP contribution in [0.3, 0.4) is 0 Å². The van der Waals surface area contributed by atoms with Crippen LogP contribution in [0.1, 0.15) is 25.7 Å². The lowest BCUT2D eigenvalue weighted by Crippen LogP contribution is -2.35.